The van der Waals surface area contributed by atoms with E-state index in [0.29, 0.717) is 10.7 Å². The van der Waals surface area contributed by atoms with Crippen molar-refractivity contribution in [1.82, 2.24) is 4.98 Å². The lowest BCUT2D eigenvalue weighted by Gasteiger charge is -2.16. The molecule has 0 radical (unpaired) electrons. The van der Waals surface area contributed by atoms with Crippen LogP contribution in [0, 0.1) is 10.1 Å². The molecule has 7 nitrogen and oxygen atoms in total. The van der Waals surface area contributed by atoms with Crippen LogP contribution in [0.15, 0.2) is 35.1 Å². The van der Waals surface area contributed by atoms with E-state index in [2.05, 4.69) is 10.3 Å². The molecule has 3 aromatic rings. The van der Waals surface area contributed by atoms with Crippen LogP contribution in [0.4, 0.5) is 17.2 Å². The van der Waals surface area contributed by atoms with Gasteiger partial charge >= 0.3 is 0 Å². The van der Waals surface area contributed by atoms with Gasteiger partial charge in [-0.3, -0.25) is 14.9 Å². The Hall–Kier alpha value is -2.32. The maximum Gasteiger partial charge on any atom is 0.282 e. The van der Waals surface area contributed by atoms with Crippen molar-refractivity contribution in [2.45, 2.75) is 13.0 Å². The molecule has 3 N–H and O–H groups in total. The largest absolute Gasteiger partial charge is 0.388 e. The van der Waals surface area contributed by atoms with Crippen molar-refractivity contribution in [3.8, 4) is 0 Å². The van der Waals surface area contributed by atoms with Crippen molar-refractivity contribution in [3.63, 3.8) is 0 Å². The van der Waals surface area contributed by atoms with Gasteiger partial charge in [0.05, 0.1) is 37.8 Å². The van der Waals surface area contributed by atoms with Gasteiger partial charge < -0.3 is 15.4 Å². The lowest BCUT2D eigenvalue weighted by molar-refractivity contribution is -0.383. The van der Waals surface area contributed by atoms with Crippen molar-refractivity contribution in [3.05, 3.63) is 71.3 Å². The summed E-state index contributed by atoms with van der Waals surface area (Å²) in [6.45, 7) is 1.38. The van der Waals surface area contributed by atoms with E-state index in [0.717, 1.165) is 6.07 Å². The maximum absolute atomic E-state index is 13.0. The van der Waals surface area contributed by atoms with Gasteiger partial charge in [0, 0.05) is 11.1 Å². The van der Waals surface area contributed by atoms with Crippen molar-refractivity contribution in [2.75, 3.05) is 5.32 Å². The van der Waals surface area contributed by atoms with Crippen molar-refractivity contribution in [2.24, 2.45) is 0 Å². The number of hydrogen-bond acceptors (Lipinski definition) is 5. The Kier molecular flexibility index (Phi) is 5.30. The molecule has 0 fully saturated rings. The van der Waals surface area contributed by atoms with E-state index >= 15 is 0 Å². The second-order valence-corrected chi connectivity index (χ2v) is 6.99. The summed E-state index contributed by atoms with van der Waals surface area (Å²) in [6.07, 6.45) is -1.22. The van der Waals surface area contributed by atoms with Gasteiger partial charge in [-0.05, 0) is 31.2 Å². The molecule has 10 heteroatoms. The van der Waals surface area contributed by atoms with E-state index < -0.39 is 22.1 Å². The number of nitro groups is 1. The highest BCUT2D eigenvalue weighted by Crippen LogP contribution is 2.34. The van der Waals surface area contributed by atoms with Gasteiger partial charge in [0.15, 0.2) is 0 Å². The first-order valence-corrected chi connectivity index (χ1v) is 8.77. The quantitative estimate of drug-likeness (QED) is 0.391. The third-order valence-corrected chi connectivity index (χ3v) is 4.79. The number of nitrogens with one attached hydrogen (secondary N) is 2. The molecule has 0 aliphatic carbocycles. The average molecular weight is 429 g/mol. The molecular formula is C17H12Cl3N3O4. The summed E-state index contributed by atoms with van der Waals surface area (Å²) in [4.78, 5) is 26.5. The summed E-state index contributed by atoms with van der Waals surface area (Å²) >= 11 is 18.2. The summed E-state index contributed by atoms with van der Waals surface area (Å²) in [5.74, 6) is 0.120. The smallest absolute Gasteiger partial charge is 0.282 e. The number of rotatable bonds is 4. The first kappa shape index (κ1) is 19.4. The molecule has 2 aromatic carbocycles. The van der Waals surface area contributed by atoms with Crippen LogP contribution < -0.4 is 10.7 Å². The number of hydrogen-bond donors (Lipinski definition) is 3. The molecule has 140 valence electrons. The number of pyridine rings is 1. The van der Waals surface area contributed by atoms with E-state index in [1.807, 2.05) is 0 Å². The number of aliphatic hydroxyl groups is 1. The lowest BCUT2D eigenvalue weighted by Crippen LogP contribution is -2.18. The fraction of sp³-hybridized carbons (Fsp3) is 0.118. The van der Waals surface area contributed by atoms with Gasteiger partial charge in [-0.25, -0.2) is 0 Å². The number of aromatic amines is 1. The lowest BCUT2D eigenvalue weighted by atomic mass is 10.1. The fourth-order valence-corrected chi connectivity index (χ4v) is 3.39. The van der Waals surface area contributed by atoms with Crippen LogP contribution in [-0.2, 0) is 0 Å². The van der Waals surface area contributed by atoms with Crippen molar-refractivity contribution in [1.29, 1.82) is 0 Å². The van der Waals surface area contributed by atoms with Gasteiger partial charge in [0.1, 0.15) is 11.2 Å². The summed E-state index contributed by atoms with van der Waals surface area (Å²) in [7, 11) is 0. The summed E-state index contributed by atoms with van der Waals surface area (Å²) in [6, 6.07) is 7.15. The fourth-order valence-electron chi connectivity index (χ4n) is 2.73. The van der Waals surface area contributed by atoms with Crippen LogP contribution in [-0.4, -0.2) is 15.0 Å². The minimum atomic E-state index is -1.22. The third-order valence-electron chi connectivity index (χ3n) is 3.93. The molecule has 1 aromatic heterocycles. The molecule has 0 spiro atoms. The molecule has 0 bridgehead atoms. The number of halogens is 3. The second kappa shape index (κ2) is 7.36. The Balaban J connectivity index is 2.33. The van der Waals surface area contributed by atoms with Crippen LogP contribution in [0.2, 0.25) is 15.1 Å². The van der Waals surface area contributed by atoms with E-state index in [1.54, 1.807) is 12.1 Å². The predicted octanol–water partition coefficient (Wildman–Crippen LogP) is 5.19. The number of anilines is 2. The van der Waals surface area contributed by atoms with E-state index in [9.17, 15) is 20.0 Å². The highest BCUT2D eigenvalue weighted by molar-refractivity contribution is 6.36. The van der Waals surface area contributed by atoms with E-state index in [1.165, 1.54) is 19.1 Å². The van der Waals surface area contributed by atoms with Gasteiger partial charge in [0.25, 0.3) is 5.69 Å². The van der Waals surface area contributed by atoms with Gasteiger partial charge in [-0.1, -0.05) is 34.8 Å². The molecule has 0 aliphatic rings. The Labute approximate surface area is 167 Å². The van der Waals surface area contributed by atoms with Crippen LogP contribution in [0.1, 0.15) is 18.6 Å². The number of aliphatic hydroxyl groups excluding tert-OH is 1. The maximum atomic E-state index is 13.0. The van der Waals surface area contributed by atoms with Crippen molar-refractivity contribution >= 4 is 62.9 Å². The van der Waals surface area contributed by atoms with Crippen molar-refractivity contribution < 1.29 is 10.0 Å². The Bertz CT molecular complexity index is 1130. The number of H-pyrrole nitrogens is 1. The van der Waals surface area contributed by atoms with Crippen LogP contribution in [0.25, 0.3) is 10.9 Å². The highest BCUT2D eigenvalue weighted by atomic mass is 35.5. The van der Waals surface area contributed by atoms with E-state index in [-0.39, 0.29) is 32.3 Å². The standard InChI is InChI=1S/C17H12Cl3N3O4/c1-7(24)13-16(25)14-12(23(26)27)5-3-9(19)15(14)22-17(13)21-11-4-2-8(18)6-10(11)20/h2-7,24H,1H3,(H2,21,22,25). The molecule has 1 unspecified atom stereocenters. The zero-order valence-electron chi connectivity index (χ0n) is 13.7. The average Bonchev–Trinajstić information content (AvgIpc) is 2.57. The molecule has 0 saturated heterocycles. The Morgan fingerprint density at radius 2 is 1.89 bits per heavy atom. The number of nitro benzene ring substituents is 1. The number of aromatic nitrogens is 1. The molecule has 0 saturated carbocycles. The molecule has 0 amide bonds. The Morgan fingerprint density at radius 3 is 2.48 bits per heavy atom. The van der Waals surface area contributed by atoms with Gasteiger partial charge in [0.2, 0.25) is 5.43 Å². The summed E-state index contributed by atoms with van der Waals surface area (Å²) in [5.41, 5.74) is -0.708. The number of fused-ring (bicyclic) bond motifs is 1. The van der Waals surface area contributed by atoms with Gasteiger partial charge in [-0.2, -0.15) is 0 Å². The number of nitrogens with zero attached hydrogens (tertiary/aromatic N) is 1. The monoisotopic (exact) mass is 427 g/mol. The number of benzene rings is 2. The van der Waals surface area contributed by atoms with Crippen LogP contribution in [0.5, 0.6) is 0 Å². The molecular weight excluding hydrogens is 417 g/mol. The first-order valence-electron chi connectivity index (χ1n) is 7.63. The summed E-state index contributed by atoms with van der Waals surface area (Å²) in [5, 5.41) is 25.0. The summed E-state index contributed by atoms with van der Waals surface area (Å²) < 4.78 is 0. The van der Waals surface area contributed by atoms with Gasteiger partial charge in [-0.15, -0.1) is 0 Å². The normalized spacial score (nSPS) is 12.2. The minimum absolute atomic E-state index is 0.0767. The third kappa shape index (κ3) is 3.59. The van der Waals surface area contributed by atoms with Crippen LogP contribution in [0.3, 0.4) is 0 Å². The predicted molar refractivity (Wildman–Crippen MR) is 107 cm³/mol. The Morgan fingerprint density at radius 1 is 1.19 bits per heavy atom. The number of non-ortho nitro benzene ring substituents is 1. The zero-order valence-corrected chi connectivity index (χ0v) is 16.0. The van der Waals surface area contributed by atoms with Crippen LogP contribution >= 0.6 is 34.8 Å². The molecule has 27 heavy (non-hydrogen) atoms. The molecule has 1 heterocycles. The molecule has 1 atom stereocenters. The second-order valence-electron chi connectivity index (χ2n) is 5.74. The minimum Gasteiger partial charge on any atom is -0.388 e. The first-order chi connectivity index (χ1) is 12.7. The van der Waals surface area contributed by atoms with E-state index in [4.69, 9.17) is 34.8 Å². The highest BCUT2D eigenvalue weighted by Gasteiger charge is 2.24. The zero-order chi connectivity index (χ0) is 19.9. The topological polar surface area (TPSA) is 108 Å². The molecule has 0 aliphatic heterocycles. The molecule has 3 rings (SSSR count). The SMILES string of the molecule is CC(O)c1c(Nc2ccc(Cl)cc2Cl)[nH]c2c(Cl)ccc([N+](=O)[O-])c2c1=O.